The molecule has 1 aliphatic heterocycles. The summed E-state index contributed by atoms with van der Waals surface area (Å²) in [5, 5.41) is 0. The van der Waals surface area contributed by atoms with Crippen molar-refractivity contribution < 1.29 is 9.18 Å². The highest BCUT2D eigenvalue weighted by molar-refractivity contribution is 5.95. The second-order valence-electron chi connectivity index (χ2n) is 5.84. The molecule has 1 aromatic carbocycles. The molecule has 0 spiro atoms. The van der Waals surface area contributed by atoms with Crippen molar-refractivity contribution in [2.24, 2.45) is 0 Å². The van der Waals surface area contributed by atoms with Crippen LogP contribution in [0.3, 0.4) is 0 Å². The summed E-state index contributed by atoms with van der Waals surface area (Å²) in [5.74, 6) is -0.111. The van der Waals surface area contributed by atoms with Gasteiger partial charge in [-0.15, -0.1) is 0 Å². The van der Waals surface area contributed by atoms with Crippen LogP contribution in [-0.2, 0) is 0 Å². The Bertz CT molecular complexity index is 826. The van der Waals surface area contributed by atoms with Gasteiger partial charge >= 0.3 is 0 Å². The normalized spacial score (nSPS) is 14.8. The molecule has 1 amide bonds. The number of halogens is 1. The molecule has 0 unspecified atom stereocenters. The monoisotopic (exact) mass is 330 g/mol. The molecule has 1 aliphatic rings. The van der Waals surface area contributed by atoms with Gasteiger partial charge in [0.2, 0.25) is 0 Å². The molecular formula is C17H19FN4O2. The van der Waals surface area contributed by atoms with Crippen molar-refractivity contribution in [2.45, 2.75) is 13.8 Å². The number of hydrogen-bond donors (Lipinski definition) is 1. The molecule has 2 aromatic rings. The van der Waals surface area contributed by atoms with E-state index >= 15 is 0 Å². The third kappa shape index (κ3) is 3.02. The van der Waals surface area contributed by atoms with E-state index in [1.807, 2.05) is 4.90 Å². The first-order valence-corrected chi connectivity index (χ1v) is 7.83. The van der Waals surface area contributed by atoms with Gasteiger partial charge in [0.15, 0.2) is 0 Å². The summed E-state index contributed by atoms with van der Waals surface area (Å²) >= 11 is 0. The molecule has 1 N–H and O–H groups in total. The van der Waals surface area contributed by atoms with Crippen LogP contribution in [0, 0.1) is 19.7 Å². The van der Waals surface area contributed by atoms with Crippen LogP contribution < -0.4 is 10.5 Å². The van der Waals surface area contributed by atoms with Crippen LogP contribution in [0.5, 0.6) is 0 Å². The zero-order chi connectivity index (χ0) is 17.3. The van der Waals surface area contributed by atoms with Crippen LogP contribution >= 0.6 is 0 Å². The Morgan fingerprint density at radius 2 is 1.83 bits per heavy atom. The minimum atomic E-state index is -0.415. The molecule has 126 valence electrons. The SMILES string of the molecule is Cc1nc(C)c(C(=O)N2CCN(c3ccccc3F)CC2)c(=O)[nH]1. The van der Waals surface area contributed by atoms with Crippen molar-refractivity contribution in [3.8, 4) is 0 Å². The van der Waals surface area contributed by atoms with Gasteiger partial charge in [-0.1, -0.05) is 12.1 Å². The van der Waals surface area contributed by atoms with Gasteiger partial charge in [0.1, 0.15) is 17.2 Å². The number of para-hydroxylation sites is 1. The molecule has 0 saturated carbocycles. The lowest BCUT2D eigenvalue weighted by molar-refractivity contribution is 0.0743. The molecular weight excluding hydrogens is 311 g/mol. The molecule has 0 bridgehead atoms. The maximum Gasteiger partial charge on any atom is 0.264 e. The lowest BCUT2D eigenvalue weighted by atomic mass is 10.1. The number of amides is 1. The average Bonchev–Trinajstić information content (AvgIpc) is 2.54. The van der Waals surface area contributed by atoms with Crippen molar-refractivity contribution in [1.82, 2.24) is 14.9 Å². The number of rotatable bonds is 2. The fraction of sp³-hybridized carbons (Fsp3) is 0.353. The van der Waals surface area contributed by atoms with E-state index in [0.717, 1.165) is 0 Å². The average molecular weight is 330 g/mol. The van der Waals surface area contributed by atoms with Gasteiger partial charge in [-0.05, 0) is 26.0 Å². The van der Waals surface area contributed by atoms with E-state index in [-0.39, 0.29) is 17.3 Å². The van der Waals surface area contributed by atoms with Gasteiger partial charge < -0.3 is 14.8 Å². The zero-order valence-electron chi connectivity index (χ0n) is 13.7. The predicted octanol–water partition coefficient (Wildman–Crippen LogP) is 1.49. The van der Waals surface area contributed by atoms with E-state index in [0.29, 0.717) is 43.4 Å². The Kier molecular flexibility index (Phi) is 4.33. The molecule has 6 nitrogen and oxygen atoms in total. The number of benzene rings is 1. The number of piperazine rings is 1. The highest BCUT2D eigenvalue weighted by Gasteiger charge is 2.26. The first-order chi connectivity index (χ1) is 11.5. The second kappa shape index (κ2) is 6.43. The van der Waals surface area contributed by atoms with Crippen molar-refractivity contribution >= 4 is 11.6 Å². The van der Waals surface area contributed by atoms with E-state index in [2.05, 4.69) is 9.97 Å². The number of aromatic nitrogens is 2. The number of nitrogens with zero attached hydrogens (tertiary/aromatic N) is 3. The molecule has 0 radical (unpaired) electrons. The summed E-state index contributed by atoms with van der Waals surface area (Å²) in [7, 11) is 0. The highest BCUT2D eigenvalue weighted by atomic mass is 19.1. The van der Waals surface area contributed by atoms with Crippen molar-refractivity contribution in [3.05, 3.63) is 57.5 Å². The van der Waals surface area contributed by atoms with Crippen LogP contribution in [-0.4, -0.2) is 47.0 Å². The summed E-state index contributed by atoms with van der Waals surface area (Å²) in [6, 6.07) is 6.59. The minimum absolute atomic E-state index is 0.0833. The molecule has 1 fully saturated rings. The number of aryl methyl sites for hydroxylation is 2. The van der Waals surface area contributed by atoms with Gasteiger partial charge in [-0.3, -0.25) is 9.59 Å². The topological polar surface area (TPSA) is 69.3 Å². The molecule has 0 aliphatic carbocycles. The maximum atomic E-state index is 13.9. The fourth-order valence-corrected chi connectivity index (χ4v) is 3.00. The van der Waals surface area contributed by atoms with Crippen LogP contribution in [0.15, 0.2) is 29.1 Å². The molecule has 1 saturated heterocycles. The largest absolute Gasteiger partial charge is 0.366 e. The molecule has 1 aromatic heterocycles. The molecule has 7 heteroatoms. The standard InChI is InChI=1S/C17H19FN4O2/c1-11-15(16(23)20-12(2)19-11)17(24)22-9-7-21(8-10-22)14-6-4-3-5-13(14)18/h3-6H,7-10H2,1-2H3,(H,19,20,23). The summed E-state index contributed by atoms with van der Waals surface area (Å²) in [6.45, 7) is 5.23. The lowest BCUT2D eigenvalue weighted by Gasteiger charge is -2.36. The van der Waals surface area contributed by atoms with Gasteiger partial charge in [0, 0.05) is 26.2 Å². The number of hydrogen-bond acceptors (Lipinski definition) is 4. The van der Waals surface area contributed by atoms with Gasteiger partial charge in [-0.25, -0.2) is 9.37 Å². The van der Waals surface area contributed by atoms with Crippen LogP contribution in [0.4, 0.5) is 10.1 Å². The Balaban J connectivity index is 1.75. The summed E-state index contributed by atoms with van der Waals surface area (Å²) in [4.78, 5) is 35.0. The van der Waals surface area contributed by atoms with E-state index < -0.39 is 5.56 Å². The lowest BCUT2D eigenvalue weighted by Crippen LogP contribution is -2.50. The molecule has 24 heavy (non-hydrogen) atoms. The Morgan fingerprint density at radius 3 is 2.46 bits per heavy atom. The number of nitrogens with one attached hydrogen (secondary N) is 1. The molecule has 3 rings (SSSR count). The Hall–Kier alpha value is -2.70. The van der Waals surface area contributed by atoms with Crippen molar-refractivity contribution in [1.29, 1.82) is 0 Å². The van der Waals surface area contributed by atoms with E-state index in [4.69, 9.17) is 0 Å². The van der Waals surface area contributed by atoms with Crippen LogP contribution in [0.1, 0.15) is 21.9 Å². The number of aromatic amines is 1. The summed E-state index contributed by atoms with van der Waals surface area (Å²) in [5.41, 5.74) is 0.634. The second-order valence-corrected chi connectivity index (χ2v) is 5.84. The van der Waals surface area contributed by atoms with E-state index in [1.54, 1.807) is 36.9 Å². The maximum absolute atomic E-state index is 13.9. The number of carbonyl (C=O) groups is 1. The fourth-order valence-electron chi connectivity index (χ4n) is 3.00. The van der Waals surface area contributed by atoms with Crippen LogP contribution in [0.2, 0.25) is 0 Å². The minimum Gasteiger partial charge on any atom is -0.366 e. The summed E-state index contributed by atoms with van der Waals surface area (Å²) < 4.78 is 13.9. The first-order valence-electron chi connectivity index (χ1n) is 7.83. The Morgan fingerprint density at radius 1 is 1.17 bits per heavy atom. The van der Waals surface area contributed by atoms with Crippen molar-refractivity contribution in [3.63, 3.8) is 0 Å². The van der Waals surface area contributed by atoms with Gasteiger partial charge in [0.05, 0.1) is 11.4 Å². The van der Waals surface area contributed by atoms with Crippen LogP contribution in [0.25, 0.3) is 0 Å². The molecule has 2 heterocycles. The van der Waals surface area contributed by atoms with Gasteiger partial charge in [-0.2, -0.15) is 0 Å². The number of carbonyl (C=O) groups excluding carboxylic acids is 1. The smallest absolute Gasteiger partial charge is 0.264 e. The summed E-state index contributed by atoms with van der Waals surface area (Å²) in [6.07, 6.45) is 0. The first kappa shape index (κ1) is 16.2. The number of anilines is 1. The van der Waals surface area contributed by atoms with E-state index in [9.17, 15) is 14.0 Å². The highest BCUT2D eigenvalue weighted by Crippen LogP contribution is 2.20. The third-order valence-corrected chi connectivity index (χ3v) is 4.19. The Labute approximate surface area is 138 Å². The zero-order valence-corrected chi connectivity index (χ0v) is 13.7. The molecule has 0 atom stereocenters. The third-order valence-electron chi connectivity index (χ3n) is 4.19. The van der Waals surface area contributed by atoms with Crippen molar-refractivity contribution in [2.75, 3.05) is 31.1 Å². The number of H-pyrrole nitrogens is 1. The predicted molar refractivity (Wildman–Crippen MR) is 88.8 cm³/mol. The van der Waals surface area contributed by atoms with E-state index in [1.165, 1.54) is 6.07 Å². The quantitative estimate of drug-likeness (QED) is 0.906. The van der Waals surface area contributed by atoms with Gasteiger partial charge in [0.25, 0.3) is 11.5 Å².